The molecule has 0 fully saturated rings. The van der Waals surface area contributed by atoms with Crippen LogP contribution in [-0.4, -0.2) is 0 Å². The minimum atomic E-state index is 1.21. The molecule has 0 nitrogen and oxygen atoms in total. The normalized spacial score (nSPS) is 14.3. The Bertz CT molecular complexity index is 1450. The first kappa shape index (κ1) is 32.3. The van der Waals surface area contributed by atoms with E-state index in [1.54, 1.807) is 0 Å². The monoisotopic (exact) mass is 528 g/mol. The summed E-state index contributed by atoms with van der Waals surface area (Å²) < 4.78 is 0. The van der Waals surface area contributed by atoms with Gasteiger partial charge in [0.25, 0.3) is 0 Å². The lowest BCUT2D eigenvalue weighted by Crippen LogP contribution is -1.89. The second-order valence-electron chi connectivity index (χ2n) is 10.9. The fraction of sp³-hybridized carbons (Fsp3) is 0.250. The Kier molecular flexibility index (Phi) is 13.1. The summed E-state index contributed by atoms with van der Waals surface area (Å²) in [5.41, 5.74) is 15.6. The summed E-state index contributed by atoms with van der Waals surface area (Å²) in [7, 11) is 0. The molecule has 0 radical (unpaired) electrons. The van der Waals surface area contributed by atoms with Crippen molar-refractivity contribution in [3.63, 3.8) is 0 Å². The zero-order valence-corrected chi connectivity index (χ0v) is 26.4. The van der Waals surface area contributed by atoms with Gasteiger partial charge in [0, 0.05) is 0 Å². The van der Waals surface area contributed by atoms with Crippen LogP contribution >= 0.6 is 0 Å². The number of hydrogen-bond donors (Lipinski definition) is 0. The summed E-state index contributed by atoms with van der Waals surface area (Å²) in [4.78, 5) is 0. The molecule has 0 heteroatoms. The van der Waals surface area contributed by atoms with E-state index in [9.17, 15) is 0 Å². The van der Waals surface area contributed by atoms with E-state index in [1.165, 1.54) is 66.8 Å². The van der Waals surface area contributed by atoms with Gasteiger partial charge in [-0.1, -0.05) is 132 Å². The largest absolute Gasteiger partial charge is 0.0620 e. The van der Waals surface area contributed by atoms with Crippen molar-refractivity contribution >= 4 is 12.2 Å². The van der Waals surface area contributed by atoms with Gasteiger partial charge in [0.2, 0.25) is 0 Å². The minimum absolute atomic E-state index is 1.21. The smallest absolute Gasteiger partial charge is 0.0195 e. The van der Waals surface area contributed by atoms with Crippen molar-refractivity contribution in [2.75, 3.05) is 0 Å². The Balaban J connectivity index is 1.90. The minimum Gasteiger partial charge on any atom is -0.0620 e. The number of benzene rings is 2. The van der Waals surface area contributed by atoms with Crippen molar-refractivity contribution < 1.29 is 0 Å². The second kappa shape index (κ2) is 16.3. The number of rotatable bonds is 10. The standard InChI is InChI=1S/C40H48/c1-29(17-13-19-31(3)21-26-39-27-25-33(5)36(8)38(39)10)15-11-12-16-30(2)18-14-20-32(4)22-28-40-35(7)24-23-34(6)37(40)9/h11-28H,1-10H3/b12-11+,17-13+,18-14+,26-21+,28-22-,29-15+,30-16+,31-19+,32-20+. The van der Waals surface area contributed by atoms with E-state index in [0.717, 1.165) is 0 Å². The first-order valence-corrected chi connectivity index (χ1v) is 14.2. The lowest BCUT2D eigenvalue weighted by molar-refractivity contribution is 1.26. The summed E-state index contributed by atoms with van der Waals surface area (Å²) in [5.74, 6) is 0. The van der Waals surface area contributed by atoms with Crippen molar-refractivity contribution in [3.05, 3.63) is 164 Å². The first-order valence-electron chi connectivity index (χ1n) is 14.2. The number of hydrogen-bond acceptors (Lipinski definition) is 0. The van der Waals surface area contributed by atoms with E-state index in [0.29, 0.717) is 0 Å². The molecule has 0 spiro atoms. The van der Waals surface area contributed by atoms with Crippen LogP contribution in [0.4, 0.5) is 0 Å². The second-order valence-corrected chi connectivity index (χ2v) is 10.9. The predicted octanol–water partition coefficient (Wildman–Crippen LogP) is 11.7. The Morgan fingerprint density at radius 1 is 0.425 bits per heavy atom. The highest BCUT2D eigenvalue weighted by molar-refractivity contribution is 5.62. The summed E-state index contributed by atoms with van der Waals surface area (Å²) in [5, 5.41) is 0. The average Bonchev–Trinajstić information content (AvgIpc) is 2.91. The van der Waals surface area contributed by atoms with Crippen LogP contribution in [0.5, 0.6) is 0 Å². The van der Waals surface area contributed by atoms with Crippen molar-refractivity contribution in [2.45, 2.75) is 69.2 Å². The number of allylic oxidation sites excluding steroid dienone is 16. The highest BCUT2D eigenvalue weighted by Gasteiger charge is 2.02. The Morgan fingerprint density at radius 2 is 0.850 bits per heavy atom. The van der Waals surface area contributed by atoms with Crippen LogP contribution in [0, 0.1) is 41.5 Å². The summed E-state index contributed by atoms with van der Waals surface area (Å²) in [6.07, 6.45) is 30.1. The first-order chi connectivity index (χ1) is 19.0. The van der Waals surface area contributed by atoms with E-state index in [2.05, 4.69) is 179 Å². The molecule has 0 aromatic heterocycles. The van der Waals surface area contributed by atoms with Gasteiger partial charge in [0.1, 0.15) is 0 Å². The molecule has 40 heavy (non-hydrogen) atoms. The zero-order valence-electron chi connectivity index (χ0n) is 26.4. The van der Waals surface area contributed by atoms with Crippen LogP contribution in [0.25, 0.3) is 12.2 Å². The molecule has 208 valence electrons. The third kappa shape index (κ3) is 10.7. The van der Waals surface area contributed by atoms with Gasteiger partial charge < -0.3 is 0 Å². The van der Waals surface area contributed by atoms with Gasteiger partial charge in [-0.05, 0) is 114 Å². The Hall–Kier alpha value is -3.90. The van der Waals surface area contributed by atoms with Gasteiger partial charge in [-0.25, -0.2) is 0 Å². The molecule has 0 amide bonds. The Morgan fingerprint density at radius 3 is 1.43 bits per heavy atom. The fourth-order valence-corrected chi connectivity index (χ4v) is 4.16. The SMILES string of the molecule is CC(/C=C\c1c(C)ccc(C)c1C)=C\C=C\C(C)=C\C=C\C=C(C)\C=C\C=C(C)\C=C\c1ccc(C)c(C)c1C. The molecular formula is C40H48. The fourth-order valence-electron chi connectivity index (χ4n) is 4.16. The van der Waals surface area contributed by atoms with Crippen LogP contribution in [0.15, 0.2) is 119 Å². The topological polar surface area (TPSA) is 0 Å². The van der Waals surface area contributed by atoms with Crippen LogP contribution in [-0.2, 0) is 0 Å². The third-order valence-electron chi connectivity index (χ3n) is 7.41. The molecule has 0 aliphatic rings. The highest BCUT2D eigenvalue weighted by Crippen LogP contribution is 2.20. The molecule has 2 rings (SSSR count). The molecule has 2 aromatic carbocycles. The highest BCUT2D eigenvalue weighted by atomic mass is 14.1. The predicted molar refractivity (Wildman–Crippen MR) is 182 cm³/mol. The molecular weight excluding hydrogens is 480 g/mol. The van der Waals surface area contributed by atoms with Crippen LogP contribution < -0.4 is 0 Å². The van der Waals surface area contributed by atoms with E-state index in [1.807, 2.05) is 0 Å². The summed E-state index contributed by atoms with van der Waals surface area (Å²) in [6.45, 7) is 21.6. The molecule has 0 atom stereocenters. The zero-order chi connectivity index (χ0) is 29.7. The number of aryl methyl sites for hydroxylation is 3. The third-order valence-corrected chi connectivity index (χ3v) is 7.41. The van der Waals surface area contributed by atoms with Gasteiger partial charge in [-0.15, -0.1) is 0 Å². The lowest BCUT2D eigenvalue weighted by atomic mass is 9.97. The molecule has 0 saturated carbocycles. The van der Waals surface area contributed by atoms with Crippen molar-refractivity contribution in [3.8, 4) is 0 Å². The van der Waals surface area contributed by atoms with E-state index in [4.69, 9.17) is 0 Å². The van der Waals surface area contributed by atoms with Gasteiger partial charge in [0.15, 0.2) is 0 Å². The molecule has 0 bridgehead atoms. The molecule has 0 N–H and O–H groups in total. The van der Waals surface area contributed by atoms with Gasteiger partial charge in [0.05, 0.1) is 0 Å². The maximum atomic E-state index is 2.23. The van der Waals surface area contributed by atoms with Crippen LogP contribution in [0.2, 0.25) is 0 Å². The maximum absolute atomic E-state index is 2.23. The molecule has 2 aromatic rings. The molecule has 0 aliphatic heterocycles. The van der Waals surface area contributed by atoms with Gasteiger partial charge >= 0.3 is 0 Å². The molecule has 0 aliphatic carbocycles. The van der Waals surface area contributed by atoms with Gasteiger partial charge in [-0.3, -0.25) is 0 Å². The quantitative estimate of drug-likeness (QED) is 0.269. The Labute approximate surface area is 245 Å². The molecule has 0 saturated heterocycles. The van der Waals surface area contributed by atoms with Crippen LogP contribution in [0.3, 0.4) is 0 Å². The molecule has 0 unspecified atom stereocenters. The summed E-state index contributed by atoms with van der Waals surface area (Å²) >= 11 is 0. The van der Waals surface area contributed by atoms with Crippen LogP contribution in [0.1, 0.15) is 72.2 Å². The maximum Gasteiger partial charge on any atom is -0.0195 e. The van der Waals surface area contributed by atoms with Crippen molar-refractivity contribution in [1.82, 2.24) is 0 Å². The average molecular weight is 529 g/mol. The summed E-state index contributed by atoms with van der Waals surface area (Å²) in [6, 6.07) is 8.78. The van der Waals surface area contributed by atoms with Crippen molar-refractivity contribution in [2.24, 2.45) is 0 Å². The van der Waals surface area contributed by atoms with E-state index in [-0.39, 0.29) is 0 Å². The van der Waals surface area contributed by atoms with E-state index >= 15 is 0 Å². The van der Waals surface area contributed by atoms with Crippen molar-refractivity contribution in [1.29, 1.82) is 0 Å². The molecule has 0 heterocycles. The van der Waals surface area contributed by atoms with Gasteiger partial charge in [-0.2, -0.15) is 0 Å². The lowest BCUT2D eigenvalue weighted by Gasteiger charge is -2.08. The van der Waals surface area contributed by atoms with E-state index < -0.39 is 0 Å².